The van der Waals surface area contributed by atoms with Crippen molar-refractivity contribution in [3.05, 3.63) is 42.7 Å². The highest BCUT2D eigenvalue weighted by Gasteiger charge is 2.08. The first kappa shape index (κ1) is 9.71. The fourth-order valence-corrected chi connectivity index (χ4v) is 1.55. The van der Waals surface area contributed by atoms with Crippen molar-refractivity contribution in [2.24, 2.45) is 0 Å². The van der Waals surface area contributed by atoms with Gasteiger partial charge in [0.25, 0.3) is 5.88 Å². The molecule has 0 fully saturated rings. The molecule has 0 radical (unpaired) electrons. The van der Waals surface area contributed by atoms with Gasteiger partial charge < -0.3 is 14.9 Å². The number of imidazole rings is 1. The SMILES string of the molecule is Nc1cn2ccnc2c(OCc2ccco2)n1. The van der Waals surface area contributed by atoms with Gasteiger partial charge in [0.15, 0.2) is 0 Å². The summed E-state index contributed by atoms with van der Waals surface area (Å²) in [5, 5.41) is 0. The second-order valence-electron chi connectivity index (χ2n) is 3.50. The highest BCUT2D eigenvalue weighted by Crippen LogP contribution is 2.18. The lowest BCUT2D eigenvalue weighted by atomic mass is 10.5. The molecule has 0 spiro atoms. The van der Waals surface area contributed by atoms with Crippen LogP contribution in [0.4, 0.5) is 5.82 Å². The Balaban J connectivity index is 1.91. The standard InChI is InChI=1S/C11H10N4O2/c12-9-6-15-4-3-13-10(15)11(14-9)17-7-8-2-1-5-16-8/h1-6H,7,12H2. The number of furan rings is 1. The average Bonchev–Trinajstić information content (AvgIpc) is 2.95. The third kappa shape index (κ3) is 1.80. The Morgan fingerprint density at radius 2 is 2.41 bits per heavy atom. The van der Waals surface area contributed by atoms with Gasteiger partial charge in [-0.05, 0) is 12.1 Å². The molecule has 3 aromatic rings. The van der Waals surface area contributed by atoms with E-state index in [1.54, 1.807) is 35.3 Å². The Labute approximate surface area is 96.7 Å². The fraction of sp³-hybridized carbons (Fsp3) is 0.0909. The molecule has 0 saturated carbocycles. The van der Waals surface area contributed by atoms with E-state index in [0.717, 1.165) is 5.76 Å². The molecular weight excluding hydrogens is 220 g/mol. The van der Waals surface area contributed by atoms with Crippen LogP contribution >= 0.6 is 0 Å². The Morgan fingerprint density at radius 3 is 3.24 bits per heavy atom. The number of anilines is 1. The van der Waals surface area contributed by atoms with E-state index in [-0.39, 0.29) is 0 Å². The number of fused-ring (bicyclic) bond motifs is 1. The van der Waals surface area contributed by atoms with E-state index >= 15 is 0 Å². The molecule has 6 nitrogen and oxygen atoms in total. The molecule has 0 aliphatic heterocycles. The number of nitrogens with two attached hydrogens (primary N) is 1. The van der Waals surface area contributed by atoms with Crippen molar-refractivity contribution in [3.63, 3.8) is 0 Å². The van der Waals surface area contributed by atoms with Gasteiger partial charge in [-0.3, -0.25) is 4.40 Å². The molecule has 0 saturated heterocycles. The smallest absolute Gasteiger partial charge is 0.260 e. The van der Waals surface area contributed by atoms with Gasteiger partial charge in [-0.2, -0.15) is 4.98 Å². The number of hydrogen-bond acceptors (Lipinski definition) is 5. The van der Waals surface area contributed by atoms with E-state index in [4.69, 9.17) is 14.9 Å². The summed E-state index contributed by atoms with van der Waals surface area (Å²) in [6.45, 7) is 0.298. The summed E-state index contributed by atoms with van der Waals surface area (Å²) in [7, 11) is 0. The maximum Gasteiger partial charge on any atom is 0.260 e. The van der Waals surface area contributed by atoms with Gasteiger partial charge in [-0.15, -0.1) is 0 Å². The van der Waals surface area contributed by atoms with Crippen LogP contribution in [0.3, 0.4) is 0 Å². The number of aromatic nitrogens is 3. The molecule has 0 aliphatic carbocycles. The zero-order valence-electron chi connectivity index (χ0n) is 8.91. The maximum atomic E-state index is 5.67. The van der Waals surface area contributed by atoms with E-state index < -0.39 is 0 Å². The van der Waals surface area contributed by atoms with E-state index in [9.17, 15) is 0 Å². The van der Waals surface area contributed by atoms with Crippen LogP contribution in [0.1, 0.15) is 5.76 Å². The largest absolute Gasteiger partial charge is 0.467 e. The van der Waals surface area contributed by atoms with Crippen LogP contribution in [-0.2, 0) is 6.61 Å². The second-order valence-corrected chi connectivity index (χ2v) is 3.50. The molecule has 0 amide bonds. The van der Waals surface area contributed by atoms with Crippen molar-refractivity contribution >= 4 is 11.5 Å². The van der Waals surface area contributed by atoms with Crippen molar-refractivity contribution < 1.29 is 9.15 Å². The first-order chi connectivity index (χ1) is 8.33. The van der Waals surface area contributed by atoms with Crippen LogP contribution in [0.5, 0.6) is 5.88 Å². The van der Waals surface area contributed by atoms with Crippen molar-refractivity contribution in [3.8, 4) is 5.88 Å². The third-order valence-electron chi connectivity index (χ3n) is 2.29. The summed E-state index contributed by atoms with van der Waals surface area (Å²) >= 11 is 0. The molecular formula is C11H10N4O2. The van der Waals surface area contributed by atoms with Gasteiger partial charge in [-0.25, -0.2) is 4.98 Å². The summed E-state index contributed by atoms with van der Waals surface area (Å²) in [5.74, 6) is 1.50. The quantitative estimate of drug-likeness (QED) is 0.737. The number of hydrogen-bond donors (Lipinski definition) is 1. The van der Waals surface area contributed by atoms with Gasteiger partial charge in [0.05, 0.1) is 12.5 Å². The maximum absolute atomic E-state index is 5.67. The summed E-state index contributed by atoms with van der Waals surface area (Å²) < 4.78 is 12.5. The van der Waals surface area contributed by atoms with Crippen molar-refractivity contribution in [2.75, 3.05) is 5.73 Å². The highest BCUT2D eigenvalue weighted by atomic mass is 16.5. The third-order valence-corrected chi connectivity index (χ3v) is 2.29. The Morgan fingerprint density at radius 1 is 1.47 bits per heavy atom. The molecule has 0 aliphatic rings. The van der Waals surface area contributed by atoms with Crippen LogP contribution in [-0.4, -0.2) is 14.4 Å². The number of ether oxygens (including phenoxy) is 1. The minimum absolute atomic E-state index is 0.298. The second kappa shape index (κ2) is 3.82. The number of rotatable bonds is 3. The van der Waals surface area contributed by atoms with Crippen LogP contribution in [0, 0.1) is 0 Å². The molecule has 0 aromatic carbocycles. The lowest BCUT2D eigenvalue weighted by Gasteiger charge is -2.05. The topological polar surface area (TPSA) is 78.6 Å². The highest BCUT2D eigenvalue weighted by molar-refractivity contribution is 5.52. The Hall–Kier alpha value is -2.50. The summed E-state index contributed by atoms with van der Waals surface area (Å²) in [6.07, 6.45) is 6.72. The van der Waals surface area contributed by atoms with Crippen LogP contribution < -0.4 is 10.5 Å². The van der Waals surface area contributed by atoms with Crippen LogP contribution in [0.2, 0.25) is 0 Å². The number of nitrogen functional groups attached to an aromatic ring is 1. The minimum atomic E-state index is 0.298. The summed E-state index contributed by atoms with van der Waals surface area (Å²) in [5.41, 5.74) is 6.30. The molecule has 3 heterocycles. The predicted molar refractivity (Wildman–Crippen MR) is 60.4 cm³/mol. The summed E-state index contributed by atoms with van der Waals surface area (Å²) in [6, 6.07) is 3.63. The predicted octanol–water partition coefficient (Wildman–Crippen LogP) is 1.48. The monoisotopic (exact) mass is 230 g/mol. The number of nitrogens with zero attached hydrogens (tertiary/aromatic N) is 3. The molecule has 17 heavy (non-hydrogen) atoms. The van der Waals surface area contributed by atoms with E-state index in [1.165, 1.54) is 0 Å². The zero-order chi connectivity index (χ0) is 11.7. The normalized spacial score (nSPS) is 10.8. The van der Waals surface area contributed by atoms with Gasteiger partial charge in [0.2, 0.25) is 5.65 Å². The Kier molecular flexibility index (Phi) is 2.18. The lowest BCUT2D eigenvalue weighted by Crippen LogP contribution is -2.02. The van der Waals surface area contributed by atoms with E-state index in [1.807, 2.05) is 6.07 Å². The lowest BCUT2D eigenvalue weighted by molar-refractivity contribution is 0.262. The van der Waals surface area contributed by atoms with Crippen molar-refractivity contribution in [2.45, 2.75) is 6.61 Å². The first-order valence-corrected chi connectivity index (χ1v) is 5.07. The molecule has 0 unspecified atom stereocenters. The van der Waals surface area contributed by atoms with Crippen molar-refractivity contribution in [1.29, 1.82) is 0 Å². The zero-order valence-corrected chi connectivity index (χ0v) is 8.91. The van der Waals surface area contributed by atoms with Crippen LogP contribution in [0.25, 0.3) is 5.65 Å². The van der Waals surface area contributed by atoms with Gasteiger partial charge in [0, 0.05) is 12.4 Å². The van der Waals surface area contributed by atoms with E-state index in [0.29, 0.717) is 24.0 Å². The van der Waals surface area contributed by atoms with Gasteiger partial charge in [0.1, 0.15) is 18.2 Å². The molecule has 3 aromatic heterocycles. The van der Waals surface area contributed by atoms with Crippen molar-refractivity contribution in [1.82, 2.24) is 14.4 Å². The Bertz CT molecular complexity index is 630. The molecule has 3 rings (SSSR count). The minimum Gasteiger partial charge on any atom is -0.467 e. The molecule has 86 valence electrons. The summed E-state index contributed by atoms with van der Waals surface area (Å²) in [4.78, 5) is 8.25. The molecule has 2 N–H and O–H groups in total. The average molecular weight is 230 g/mol. The molecule has 6 heteroatoms. The molecule has 0 atom stereocenters. The van der Waals surface area contributed by atoms with Gasteiger partial charge >= 0.3 is 0 Å². The van der Waals surface area contributed by atoms with E-state index in [2.05, 4.69) is 9.97 Å². The first-order valence-electron chi connectivity index (χ1n) is 5.07. The van der Waals surface area contributed by atoms with Gasteiger partial charge in [-0.1, -0.05) is 0 Å². The fourth-order valence-electron chi connectivity index (χ4n) is 1.55. The van der Waals surface area contributed by atoms with Crippen LogP contribution in [0.15, 0.2) is 41.4 Å². The molecule has 0 bridgehead atoms.